The van der Waals surface area contributed by atoms with Crippen LogP contribution in [0.5, 0.6) is 0 Å². The first-order chi connectivity index (χ1) is 11.0. The van der Waals surface area contributed by atoms with Crippen LogP contribution in [0.1, 0.15) is 55.3 Å². The van der Waals surface area contributed by atoms with Crippen molar-refractivity contribution in [2.75, 3.05) is 0 Å². The molecule has 0 aliphatic rings. The Bertz CT molecular complexity index is 613. The number of nitrogens with one attached hydrogen (secondary N) is 1. The van der Waals surface area contributed by atoms with Gasteiger partial charge in [-0.2, -0.15) is 0 Å². The Kier molecular flexibility index (Phi) is 5.97. The largest absolute Gasteiger partial charge is 0.361 e. The number of hydrogen-bond acceptors (Lipinski definition) is 3. The fourth-order valence-corrected chi connectivity index (χ4v) is 2.80. The van der Waals surface area contributed by atoms with Crippen LogP contribution >= 0.6 is 0 Å². The van der Waals surface area contributed by atoms with Gasteiger partial charge < -0.3 is 9.84 Å². The lowest BCUT2D eigenvalue weighted by Gasteiger charge is -2.21. The van der Waals surface area contributed by atoms with Crippen LogP contribution in [0.2, 0.25) is 0 Å². The van der Waals surface area contributed by atoms with Gasteiger partial charge in [-0.3, -0.25) is 4.79 Å². The molecule has 0 spiro atoms. The number of carbonyl (C=O) groups excluding carboxylic acids is 1. The Morgan fingerprint density at radius 2 is 1.91 bits per heavy atom. The van der Waals surface area contributed by atoms with Crippen LogP contribution in [0.4, 0.5) is 0 Å². The van der Waals surface area contributed by atoms with E-state index in [0.717, 1.165) is 29.0 Å². The summed E-state index contributed by atoms with van der Waals surface area (Å²) in [5.74, 6) is 1.39. The lowest BCUT2D eigenvalue weighted by Crippen LogP contribution is -2.29. The summed E-state index contributed by atoms with van der Waals surface area (Å²) in [6.45, 7) is 8.14. The molecular formula is C19H26N2O2. The third-order valence-corrected chi connectivity index (χ3v) is 4.03. The summed E-state index contributed by atoms with van der Waals surface area (Å²) in [7, 11) is 0. The molecule has 1 atom stereocenters. The van der Waals surface area contributed by atoms with E-state index in [4.69, 9.17) is 4.52 Å². The fraction of sp³-hybridized carbons (Fsp3) is 0.474. The number of benzene rings is 1. The first kappa shape index (κ1) is 17.3. The average Bonchev–Trinajstić information content (AvgIpc) is 2.84. The van der Waals surface area contributed by atoms with E-state index in [2.05, 4.69) is 36.5 Å². The van der Waals surface area contributed by atoms with E-state index in [1.165, 1.54) is 0 Å². The van der Waals surface area contributed by atoms with E-state index in [9.17, 15) is 4.79 Å². The maximum atomic E-state index is 12.4. The van der Waals surface area contributed by atoms with Crippen molar-refractivity contribution in [1.82, 2.24) is 10.5 Å². The molecule has 1 N–H and O–H groups in total. The summed E-state index contributed by atoms with van der Waals surface area (Å²) in [6, 6.07) is 10.2. The van der Waals surface area contributed by atoms with Crippen LogP contribution in [-0.2, 0) is 11.2 Å². The maximum Gasteiger partial charge on any atom is 0.220 e. The van der Waals surface area contributed by atoms with E-state index in [1.807, 2.05) is 32.0 Å². The van der Waals surface area contributed by atoms with Crippen molar-refractivity contribution >= 4 is 5.91 Å². The third kappa shape index (κ3) is 4.95. The van der Waals surface area contributed by atoms with Gasteiger partial charge in [-0.25, -0.2) is 0 Å². The number of aryl methyl sites for hydroxylation is 2. The lowest BCUT2D eigenvalue weighted by molar-refractivity contribution is -0.121. The number of aromatic nitrogens is 1. The van der Waals surface area contributed by atoms with Gasteiger partial charge in [0.2, 0.25) is 5.91 Å². The molecule has 0 aliphatic heterocycles. The van der Waals surface area contributed by atoms with Crippen LogP contribution in [0.15, 0.2) is 34.9 Å². The van der Waals surface area contributed by atoms with Gasteiger partial charge >= 0.3 is 0 Å². The zero-order chi connectivity index (χ0) is 16.8. The van der Waals surface area contributed by atoms with E-state index >= 15 is 0 Å². The highest BCUT2D eigenvalue weighted by Gasteiger charge is 2.17. The van der Waals surface area contributed by atoms with Gasteiger partial charge in [-0.05, 0) is 38.2 Å². The summed E-state index contributed by atoms with van der Waals surface area (Å²) < 4.78 is 5.15. The minimum absolute atomic E-state index is 0.0633. The number of amides is 1. The van der Waals surface area contributed by atoms with Crippen LogP contribution < -0.4 is 5.32 Å². The molecule has 0 radical (unpaired) electrons. The molecule has 2 rings (SSSR count). The smallest absolute Gasteiger partial charge is 0.220 e. The zero-order valence-corrected chi connectivity index (χ0v) is 14.4. The molecule has 23 heavy (non-hydrogen) atoms. The normalized spacial score (nSPS) is 12.4. The molecule has 1 heterocycles. The predicted molar refractivity (Wildman–Crippen MR) is 91.1 cm³/mol. The van der Waals surface area contributed by atoms with Gasteiger partial charge in [-0.15, -0.1) is 0 Å². The Morgan fingerprint density at radius 3 is 2.48 bits per heavy atom. The number of carbonyl (C=O) groups is 1. The van der Waals surface area contributed by atoms with Gasteiger partial charge in [0.25, 0.3) is 0 Å². The van der Waals surface area contributed by atoms with Crippen molar-refractivity contribution in [2.45, 2.75) is 53.0 Å². The lowest BCUT2D eigenvalue weighted by atomic mass is 9.96. The first-order valence-corrected chi connectivity index (χ1v) is 8.23. The SMILES string of the molecule is Cc1noc(C)c1CCC(=O)NC(CC(C)C)c1ccccc1. The molecule has 1 aromatic carbocycles. The Morgan fingerprint density at radius 1 is 1.22 bits per heavy atom. The molecule has 0 aliphatic carbocycles. The second kappa shape index (κ2) is 7.95. The maximum absolute atomic E-state index is 12.4. The summed E-state index contributed by atoms with van der Waals surface area (Å²) in [5, 5.41) is 7.11. The number of nitrogens with zero attached hydrogens (tertiary/aromatic N) is 1. The highest BCUT2D eigenvalue weighted by atomic mass is 16.5. The summed E-state index contributed by atoms with van der Waals surface area (Å²) >= 11 is 0. The van der Waals surface area contributed by atoms with Crippen molar-refractivity contribution < 1.29 is 9.32 Å². The van der Waals surface area contributed by atoms with Crippen LogP contribution in [0.25, 0.3) is 0 Å². The Hall–Kier alpha value is -2.10. The highest BCUT2D eigenvalue weighted by molar-refractivity contribution is 5.76. The molecule has 0 saturated heterocycles. The monoisotopic (exact) mass is 314 g/mol. The molecule has 0 bridgehead atoms. The quantitative estimate of drug-likeness (QED) is 0.836. The van der Waals surface area contributed by atoms with Gasteiger partial charge in [-0.1, -0.05) is 49.3 Å². The highest BCUT2D eigenvalue weighted by Crippen LogP contribution is 2.21. The van der Waals surface area contributed by atoms with E-state index in [0.29, 0.717) is 18.8 Å². The number of rotatable bonds is 7. The molecule has 0 fully saturated rings. The summed E-state index contributed by atoms with van der Waals surface area (Å²) in [6.07, 6.45) is 2.04. The average molecular weight is 314 g/mol. The Balaban J connectivity index is 1.98. The summed E-state index contributed by atoms with van der Waals surface area (Å²) in [5.41, 5.74) is 3.07. The van der Waals surface area contributed by atoms with E-state index < -0.39 is 0 Å². The molecule has 4 heteroatoms. The zero-order valence-electron chi connectivity index (χ0n) is 14.4. The second-order valence-corrected chi connectivity index (χ2v) is 6.46. The Labute approximate surface area is 138 Å². The molecule has 4 nitrogen and oxygen atoms in total. The summed E-state index contributed by atoms with van der Waals surface area (Å²) in [4.78, 5) is 12.4. The first-order valence-electron chi connectivity index (χ1n) is 8.23. The molecule has 1 aromatic heterocycles. The fourth-order valence-electron chi connectivity index (χ4n) is 2.80. The number of hydrogen-bond donors (Lipinski definition) is 1. The van der Waals surface area contributed by atoms with Crippen molar-refractivity contribution in [2.24, 2.45) is 5.92 Å². The van der Waals surface area contributed by atoms with E-state index in [1.54, 1.807) is 0 Å². The van der Waals surface area contributed by atoms with Gasteiger partial charge in [0, 0.05) is 12.0 Å². The minimum atomic E-state index is 0.0633. The van der Waals surface area contributed by atoms with Crippen molar-refractivity contribution in [3.8, 4) is 0 Å². The van der Waals surface area contributed by atoms with Gasteiger partial charge in [0.05, 0.1) is 11.7 Å². The van der Waals surface area contributed by atoms with E-state index in [-0.39, 0.29) is 11.9 Å². The van der Waals surface area contributed by atoms with Gasteiger partial charge in [0.15, 0.2) is 0 Å². The molecule has 2 aromatic rings. The predicted octanol–water partition coefficient (Wildman–Crippen LogP) is 4.13. The molecular weight excluding hydrogens is 288 g/mol. The van der Waals surface area contributed by atoms with Crippen molar-refractivity contribution in [1.29, 1.82) is 0 Å². The molecule has 0 saturated carbocycles. The third-order valence-electron chi connectivity index (χ3n) is 4.03. The minimum Gasteiger partial charge on any atom is -0.361 e. The molecule has 124 valence electrons. The second-order valence-electron chi connectivity index (χ2n) is 6.46. The molecule has 1 unspecified atom stereocenters. The van der Waals surface area contributed by atoms with Gasteiger partial charge in [0.1, 0.15) is 5.76 Å². The van der Waals surface area contributed by atoms with Crippen LogP contribution in [-0.4, -0.2) is 11.1 Å². The topological polar surface area (TPSA) is 55.1 Å². The molecule has 1 amide bonds. The van der Waals surface area contributed by atoms with Crippen LogP contribution in [0, 0.1) is 19.8 Å². The van der Waals surface area contributed by atoms with Crippen molar-refractivity contribution in [3.63, 3.8) is 0 Å². The van der Waals surface area contributed by atoms with Crippen LogP contribution in [0.3, 0.4) is 0 Å². The standard InChI is InChI=1S/C19H26N2O2/c1-13(2)12-18(16-8-6-5-7-9-16)20-19(22)11-10-17-14(3)21-23-15(17)4/h5-9,13,18H,10-12H2,1-4H3,(H,20,22). The van der Waals surface area contributed by atoms with Crippen molar-refractivity contribution in [3.05, 3.63) is 52.9 Å².